The molecule has 0 radical (unpaired) electrons. The van der Waals surface area contributed by atoms with Gasteiger partial charge in [0.1, 0.15) is 4.90 Å². The van der Waals surface area contributed by atoms with Crippen LogP contribution in [0.3, 0.4) is 0 Å². The van der Waals surface area contributed by atoms with Gasteiger partial charge in [-0.05, 0) is 25.8 Å². The summed E-state index contributed by atoms with van der Waals surface area (Å²) in [7, 11) is -1.29. The van der Waals surface area contributed by atoms with Crippen molar-refractivity contribution >= 4 is 10.0 Å². The van der Waals surface area contributed by atoms with E-state index in [0.29, 0.717) is 25.0 Å². The smallest absolute Gasteiger partial charge is 0.246 e. The van der Waals surface area contributed by atoms with Gasteiger partial charge in [-0.15, -0.1) is 0 Å². The first-order valence-electron chi connectivity index (χ1n) is 6.76. The van der Waals surface area contributed by atoms with Crippen molar-refractivity contribution in [2.45, 2.75) is 30.2 Å². The maximum atomic E-state index is 12.6. The molecule has 2 bridgehead atoms. The Morgan fingerprint density at radius 1 is 1.32 bits per heavy atom. The minimum absolute atomic E-state index is 0.273. The molecule has 0 aromatic carbocycles. The molecule has 2 aliphatic heterocycles. The largest absolute Gasteiger partial charge is 0.302 e. The zero-order valence-electron chi connectivity index (χ0n) is 11.1. The van der Waals surface area contributed by atoms with Crippen LogP contribution in [-0.4, -0.2) is 60.5 Å². The number of hydrogen-bond acceptors (Lipinski definition) is 4. The van der Waals surface area contributed by atoms with E-state index in [2.05, 4.69) is 22.1 Å². The topological polar surface area (TPSA) is 69.3 Å². The molecule has 3 rings (SSSR count). The Morgan fingerprint density at radius 2 is 2.16 bits per heavy atom. The lowest BCUT2D eigenvalue weighted by Crippen LogP contribution is -2.41. The van der Waals surface area contributed by atoms with Crippen LogP contribution in [-0.2, 0) is 10.0 Å². The minimum Gasteiger partial charge on any atom is -0.302 e. The van der Waals surface area contributed by atoms with Crippen LogP contribution in [0.25, 0.3) is 0 Å². The molecule has 7 heteroatoms. The van der Waals surface area contributed by atoms with Crippen molar-refractivity contribution < 1.29 is 8.42 Å². The van der Waals surface area contributed by atoms with Crippen LogP contribution in [0.15, 0.2) is 17.3 Å². The zero-order valence-corrected chi connectivity index (χ0v) is 11.9. The van der Waals surface area contributed by atoms with Gasteiger partial charge in [0.2, 0.25) is 10.0 Å². The molecular weight excluding hydrogens is 264 g/mol. The summed E-state index contributed by atoms with van der Waals surface area (Å²) in [5, 5.41) is 6.34. The molecule has 3 heterocycles. The lowest BCUT2D eigenvalue weighted by Gasteiger charge is -2.28. The van der Waals surface area contributed by atoms with E-state index in [1.165, 1.54) is 18.8 Å². The standard InChI is InChI=1S/C12H20N4O2S/c1-15-7-10-3-2-4-11(15)9-16(8-10)19(17,18)12-5-13-14-6-12/h5-6,10-11H,2-4,7-9H2,1H3,(H,13,14)/t10-,11-/m0/s1. The maximum Gasteiger partial charge on any atom is 0.246 e. The van der Waals surface area contributed by atoms with Gasteiger partial charge in [0.25, 0.3) is 0 Å². The summed E-state index contributed by atoms with van der Waals surface area (Å²) in [6.07, 6.45) is 6.27. The number of aromatic nitrogens is 2. The van der Waals surface area contributed by atoms with Crippen molar-refractivity contribution in [3.05, 3.63) is 12.4 Å². The Bertz CT molecular complexity index is 528. The summed E-state index contributed by atoms with van der Waals surface area (Å²) in [5.74, 6) is 0.444. The van der Waals surface area contributed by atoms with Crippen molar-refractivity contribution in [2.24, 2.45) is 5.92 Å². The Balaban J connectivity index is 1.90. The molecule has 1 aromatic heterocycles. The maximum absolute atomic E-state index is 12.6. The molecule has 0 spiro atoms. The number of H-pyrrole nitrogens is 1. The van der Waals surface area contributed by atoms with Gasteiger partial charge in [0, 0.05) is 31.9 Å². The van der Waals surface area contributed by atoms with Crippen molar-refractivity contribution in [1.82, 2.24) is 19.4 Å². The van der Waals surface area contributed by atoms with Gasteiger partial charge >= 0.3 is 0 Å². The fourth-order valence-corrected chi connectivity index (χ4v) is 4.67. The summed E-state index contributed by atoms with van der Waals surface area (Å²) < 4.78 is 26.8. The first kappa shape index (κ1) is 13.1. The SMILES string of the molecule is CN1C[C@@H]2CCC[C@H]1CN(S(=O)(=O)c1cn[nH]c1)C2. The van der Waals surface area contributed by atoms with Crippen LogP contribution in [0.1, 0.15) is 19.3 Å². The molecule has 0 amide bonds. The third-order valence-corrected chi connectivity index (χ3v) is 6.10. The molecular formula is C12H20N4O2S. The van der Waals surface area contributed by atoms with E-state index in [9.17, 15) is 8.42 Å². The van der Waals surface area contributed by atoms with E-state index in [1.807, 2.05) is 0 Å². The van der Waals surface area contributed by atoms with Gasteiger partial charge in [-0.2, -0.15) is 9.40 Å². The Morgan fingerprint density at radius 3 is 2.89 bits per heavy atom. The summed E-state index contributed by atoms with van der Waals surface area (Å²) in [5.41, 5.74) is 0. The predicted octanol–water partition coefficient (Wildman–Crippen LogP) is 0.515. The van der Waals surface area contributed by atoms with E-state index in [0.717, 1.165) is 19.4 Å². The molecule has 2 fully saturated rings. The van der Waals surface area contributed by atoms with E-state index in [-0.39, 0.29) is 4.90 Å². The number of rotatable bonds is 2. The average Bonchev–Trinajstić information content (AvgIpc) is 2.75. The van der Waals surface area contributed by atoms with E-state index in [4.69, 9.17) is 0 Å². The van der Waals surface area contributed by atoms with Gasteiger partial charge in [0.15, 0.2) is 0 Å². The molecule has 6 nitrogen and oxygen atoms in total. The van der Waals surface area contributed by atoms with Crippen molar-refractivity contribution in [3.63, 3.8) is 0 Å². The van der Waals surface area contributed by atoms with Gasteiger partial charge < -0.3 is 4.90 Å². The van der Waals surface area contributed by atoms with Gasteiger partial charge in [0.05, 0.1) is 6.20 Å². The quantitative estimate of drug-likeness (QED) is 0.859. The first-order chi connectivity index (χ1) is 9.07. The normalized spacial score (nSPS) is 30.2. The van der Waals surface area contributed by atoms with E-state index >= 15 is 0 Å². The molecule has 0 saturated carbocycles. The first-order valence-corrected chi connectivity index (χ1v) is 8.20. The third-order valence-electron chi connectivity index (χ3n) is 4.31. The van der Waals surface area contributed by atoms with Crippen molar-refractivity contribution in [3.8, 4) is 0 Å². The molecule has 2 atom stereocenters. The number of nitrogens with zero attached hydrogens (tertiary/aromatic N) is 3. The fourth-order valence-electron chi connectivity index (χ4n) is 3.21. The molecule has 0 unspecified atom stereocenters. The van der Waals surface area contributed by atoms with E-state index < -0.39 is 10.0 Å². The highest BCUT2D eigenvalue weighted by atomic mass is 32.2. The molecule has 19 heavy (non-hydrogen) atoms. The van der Waals surface area contributed by atoms with Crippen LogP contribution in [0.2, 0.25) is 0 Å². The molecule has 1 aromatic rings. The minimum atomic E-state index is -3.39. The number of nitrogens with one attached hydrogen (secondary N) is 1. The highest BCUT2D eigenvalue weighted by Crippen LogP contribution is 2.28. The lowest BCUT2D eigenvalue weighted by molar-refractivity contribution is 0.236. The Kier molecular flexibility index (Phi) is 3.36. The average molecular weight is 284 g/mol. The number of fused-ring (bicyclic) bond motifs is 3. The van der Waals surface area contributed by atoms with Crippen LogP contribution in [0, 0.1) is 5.92 Å². The summed E-state index contributed by atoms with van der Waals surface area (Å²) >= 11 is 0. The Hall–Kier alpha value is -0.920. The monoisotopic (exact) mass is 284 g/mol. The van der Waals surface area contributed by atoms with E-state index in [1.54, 1.807) is 4.31 Å². The zero-order chi connectivity index (χ0) is 13.5. The Labute approximate surface area is 113 Å². The van der Waals surface area contributed by atoms with Gasteiger partial charge in [-0.1, -0.05) is 6.42 Å². The van der Waals surface area contributed by atoms with Gasteiger partial charge in [-0.25, -0.2) is 8.42 Å². The second kappa shape index (κ2) is 4.88. The van der Waals surface area contributed by atoms with Crippen LogP contribution < -0.4 is 0 Å². The molecule has 0 aliphatic carbocycles. The third kappa shape index (κ3) is 2.42. The molecule has 1 N–H and O–H groups in total. The second-order valence-corrected chi connectivity index (χ2v) is 7.58. The number of sulfonamides is 1. The summed E-state index contributed by atoms with van der Waals surface area (Å²) in [6, 6.07) is 0.342. The number of hydrogen-bond donors (Lipinski definition) is 1. The lowest BCUT2D eigenvalue weighted by atomic mass is 10.0. The molecule has 2 saturated heterocycles. The second-order valence-electron chi connectivity index (χ2n) is 5.65. The number of aromatic amines is 1. The van der Waals surface area contributed by atoms with Crippen LogP contribution >= 0.6 is 0 Å². The van der Waals surface area contributed by atoms with Crippen LogP contribution in [0.4, 0.5) is 0 Å². The predicted molar refractivity (Wildman–Crippen MR) is 71.1 cm³/mol. The molecule has 106 valence electrons. The molecule has 2 aliphatic rings. The highest BCUT2D eigenvalue weighted by molar-refractivity contribution is 7.89. The van der Waals surface area contributed by atoms with Crippen molar-refractivity contribution in [2.75, 3.05) is 26.7 Å². The summed E-state index contributed by atoms with van der Waals surface area (Å²) in [4.78, 5) is 2.60. The highest BCUT2D eigenvalue weighted by Gasteiger charge is 2.36. The van der Waals surface area contributed by atoms with Crippen molar-refractivity contribution in [1.29, 1.82) is 0 Å². The fraction of sp³-hybridized carbons (Fsp3) is 0.750. The number of likely N-dealkylation sites (N-methyl/N-ethyl adjacent to an activating group) is 1. The summed E-state index contributed by atoms with van der Waals surface area (Å²) in [6.45, 7) is 2.23. The van der Waals surface area contributed by atoms with Crippen LogP contribution in [0.5, 0.6) is 0 Å². The van der Waals surface area contributed by atoms with Gasteiger partial charge in [-0.3, -0.25) is 5.10 Å².